The third kappa shape index (κ3) is 1.33. The summed E-state index contributed by atoms with van der Waals surface area (Å²) < 4.78 is 1.32. The van der Waals surface area contributed by atoms with Gasteiger partial charge in [0, 0.05) is 5.22 Å². The number of hydrogen-bond acceptors (Lipinski definition) is 4. The van der Waals surface area contributed by atoms with Gasteiger partial charge < -0.3 is 4.98 Å². The van der Waals surface area contributed by atoms with Crippen molar-refractivity contribution in [2.75, 3.05) is 0 Å². The summed E-state index contributed by atoms with van der Waals surface area (Å²) in [5, 5.41) is 1.79. The van der Waals surface area contributed by atoms with Crippen molar-refractivity contribution in [3.05, 3.63) is 48.3 Å². The van der Waals surface area contributed by atoms with E-state index in [9.17, 15) is 4.79 Å². The van der Waals surface area contributed by atoms with Crippen molar-refractivity contribution in [3.8, 4) is 0 Å². The molecule has 0 bridgehead atoms. The van der Waals surface area contributed by atoms with E-state index in [1.807, 2.05) is 18.2 Å². The molecule has 0 atom stereocenters. The molecule has 1 N–H and O–H groups in total. The molecule has 1 aliphatic heterocycles. The zero-order valence-electron chi connectivity index (χ0n) is 8.23. The molecule has 0 unspecified atom stereocenters. The van der Waals surface area contributed by atoms with Gasteiger partial charge in [0.15, 0.2) is 0 Å². The first-order chi connectivity index (χ1) is 7.74. The summed E-state index contributed by atoms with van der Waals surface area (Å²) in [5.41, 5.74) is 0.700. The highest BCUT2D eigenvalue weighted by Crippen LogP contribution is 2.08. The molecule has 4 nitrogen and oxygen atoms in total. The van der Waals surface area contributed by atoms with E-state index in [1.54, 1.807) is 0 Å². The average Bonchev–Trinajstić information content (AvgIpc) is 2.85. The van der Waals surface area contributed by atoms with E-state index in [0.29, 0.717) is 4.53 Å². The zero-order valence-corrected chi connectivity index (χ0v) is 9.04. The SMILES string of the molecule is C=c1sc(=c2ccc3c(c2)N=CN=3)[nH]c1=O. The Hall–Kier alpha value is -2.01. The summed E-state index contributed by atoms with van der Waals surface area (Å²) in [6, 6.07) is 5.71. The second-order valence-corrected chi connectivity index (χ2v) is 4.49. The van der Waals surface area contributed by atoms with Crippen LogP contribution in [0, 0.1) is 9.88 Å². The van der Waals surface area contributed by atoms with Crippen LogP contribution >= 0.6 is 11.3 Å². The van der Waals surface area contributed by atoms with E-state index in [1.165, 1.54) is 17.7 Å². The van der Waals surface area contributed by atoms with Crippen molar-refractivity contribution < 1.29 is 0 Å². The molecule has 2 heterocycles. The van der Waals surface area contributed by atoms with Gasteiger partial charge in [-0.15, -0.1) is 11.3 Å². The number of aliphatic imine (C=N–C) groups is 1. The number of rotatable bonds is 0. The van der Waals surface area contributed by atoms with Crippen LogP contribution < -0.4 is 15.4 Å². The van der Waals surface area contributed by atoms with E-state index < -0.39 is 0 Å². The predicted octanol–water partition coefficient (Wildman–Crippen LogP) is 0.427. The molecule has 0 saturated heterocycles. The summed E-state index contributed by atoms with van der Waals surface area (Å²) in [6.07, 6.45) is 1.53. The Morgan fingerprint density at radius 2 is 2.25 bits per heavy atom. The molecule has 1 aromatic heterocycles. The Morgan fingerprint density at radius 3 is 3.00 bits per heavy atom. The van der Waals surface area contributed by atoms with Crippen molar-refractivity contribution in [2.24, 2.45) is 9.98 Å². The molecule has 0 aliphatic carbocycles. The minimum Gasteiger partial charge on any atom is -0.312 e. The van der Waals surface area contributed by atoms with Crippen LogP contribution in [0.2, 0.25) is 0 Å². The Labute approximate surface area is 93.6 Å². The molecular weight excluding hydrogens is 222 g/mol. The fourth-order valence-electron chi connectivity index (χ4n) is 1.53. The molecule has 1 aliphatic rings. The molecule has 78 valence electrons. The van der Waals surface area contributed by atoms with Crippen molar-refractivity contribution in [1.82, 2.24) is 4.98 Å². The number of hydrogen-bond donors (Lipinski definition) is 1. The average molecular weight is 229 g/mol. The highest BCUT2D eigenvalue weighted by Gasteiger charge is 1.99. The quantitative estimate of drug-likeness (QED) is 0.699. The molecule has 16 heavy (non-hydrogen) atoms. The van der Waals surface area contributed by atoms with Gasteiger partial charge in [-0.05, 0) is 18.2 Å². The lowest BCUT2D eigenvalue weighted by Gasteiger charge is -1.88. The first kappa shape index (κ1) is 9.23. The number of nitrogens with one attached hydrogen (secondary N) is 1. The molecule has 0 spiro atoms. The molecule has 0 radical (unpaired) electrons. The number of H-pyrrole nitrogens is 1. The number of aromatic amines is 1. The van der Waals surface area contributed by atoms with Crippen LogP contribution in [0.5, 0.6) is 0 Å². The summed E-state index contributed by atoms with van der Waals surface area (Å²) >= 11 is 1.35. The Balaban J connectivity index is 2.49. The lowest BCUT2D eigenvalue weighted by molar-refractivity contribution is 1.24. The topological polar surface area (TPSA) is 57.6 Å². The first-order valence-electron chi connectivity index (χ1n) is 4.67. The van der Waals surface area contributed by atoms with Crippen LogP contribution in [-0.2, 0) is 0 Å². The van der Waals surface area contributed by atoms with E-state index in [2.05, 4.69) is 21.5 Å². The van der Waals surface area contributed by atoms with Crippen molar-refractivity contribution in [1.29, 1.82) is 0 Å². The summed E-state index contributed by atoms with van der Waals surface area (Å²) in [6.45, 7) is 3.67. The summed E-state index contributed by atoms with van der Waals surface area (Å²) in [4.78, 5) is 22.3. The molecule has 1 aromatic carbocycles. The van der Waals surface area contributed by atoms with Gasteiger partial charge in [-0.1, -0.05) is 6.58 Å². The molecule has 3 rings (SSSR count). The maximum absolute atomic E-state index is 11.3. The van der Waals surface area contributed by atoms with Crippen LogP contribution in [0.15, 0.2) is 33.0 Å². The van der Waals surface area contributed by atoms with E-state index >= 15 is 0 Å². The molecule has 0 saturated carbocycles. The van der Waals surface area contributed by atoms with Gasteiger partial charge >= 0.3 is 0 Å². The van der Waals surface area contributed by atoms with Gasteiger partial charge in [0.25, 0.3) is 5.56 Å². The van der Waals surface area contributed by atoms with Gasteiger partial charge in [0.05, 0.1) is 15.6 Å². The third-order valence-electron chi connectivity index (χ3n) is 2.34. The number of benzene rings is 1. The Kier molecular flexibility index (Phi) is 1.87. The van der Waals surface area contributed by atoms with Gasteiger partial charge in [-0.25, -0.2) is 9.98 Å². The van der Waals surface area contributed by atoms with Crippen molar-refractivity contribution in [2.45, 2.75) is 0 Å². The lowest BCUT2D eigenvalue weighted by Crippen LogP contribution is -2.16. The van der Waals surface area contributed by atoms with Gasteiger partial charge in [-0.3, -0.25) is 4.79 Å². The Bertz CT molecular complexity index is 814. The van der Waals surface area contributed by atoms with Crippen LogP contribution in [-0.4, -0.2) is 11.3 Å². The van der Waals surface area contributed by atoms with Crippen LogP contribution in [0.4, 0.5) is 5.69 Å². The standard InChI is InChI=1S/C11H7N3OS/c1-6-10(15)14-11(16-6)7-2-3-8-9(4-7)13-5-12-8/h2-5H,1H2,(H,14,15). The van der Waals surface area contributed by atoms with E-state index in [4.69, 9.17) is 0 Å². The predicted molar refractivity (Wildman–Crippen MR) is 63.5 cm³/mol. The van der Waals surface area contributed by atoms with E-state index in [-0.39, 0.29) is 5.56 Å². The smallest absolute Gasteiger partial charge is 0.265 e. The first-order valence-corrected chi connectivity index (χ1v) is 5.48. The fourth-order valence-corrected chi connectivity index (χ4v) is 2.31. The van der Waals surface area contributed by atoms with Gasteiger partial charge in [-0.2, -0.15) is 0 Å². The second-order valence-electron chi connectivity index (χ2n) is 3.39. The largest absolute Gasteiger partial charge is 0.312 e. The number of aromatic nitrogens is 1. The maximum atomic E-state index is 11.3. The second kappa shape index (κ2) is 3.24. The van der Waals surface area contributed by atoms with Gasteiger partial charge in [0.2, 0.25) is 0 Å². The van der Waals surface area contributed by atoms with E-state index in [0.717, 1.165) is 20.9 Å². The summed E-state index contributed by atoms with van der Waals surface area (Å²) in [5.74, 6) is 0. The van der Waals surface area contributed by atoms with Crippen LogP contribution in [0.25, 0.3) is 6.58 Å². The monoisotopic (exact) mass is 229 g/mol. The molecule has 5 heteroatoms. The van der Waals surface area contributed by atoms with Crippen LogP contribution in [0.3, 0.4) is 0 Å². The lowest BCUT2D eigenvalue weighted by atomic mass is 10.2. The maximum Gasteiger partial charge on any atom is 0.265 e. The molecular formula is C11H7N3OS. The van der Waals surface area contributed by atoms with Crippen molar-refractivity contribution >= 4 is 29.9 Å². The molecule has 0 fully saturated rings. The molecule has 0 amide bonds. The minimum atomic E-state index is -0.131. The number of nitrogens with zero attached hydrogens (tertiary/aromatic N) is 2. The third-order valence-corrected chi connectivity index (χ3v) is 3.31. The minimum absolute atomic E-state index is 0.131. The zero-order chi connectivity index (χ0) is 11.1. The summed E-state index contributed by atoms with van der Waals surface area (Å²) in [7, 11) is 0. The Morgan fingerprint density at radius 1 is 1.38 bits per heavy atom. The number of thiazole rings is 1. The number of fused-ring (bicyclic) bond motifs is 1. The molecule has 2 aromatic rings. The normalized spacial score (nSPS) is 14.8. The highest BCUT2D eigenvalue weighted by atomic mass is 32.1. The van der Waals surface area contributed by atoms with Crippen molar-refractivity contribution in [3.63, 3.8) is 0 Å². The highest BCUT2D eigenvalue weighted by molar-refractivity contribution is 7.07. The fraction of sp³-hybridized carbons (Fsp3) is 0. The van der Waals surface area contributed by atoms with Crippen LogP contribution in [0.1, 0.15) is 0 Å². The van der Waals surface area contributed by atoms with Gasteiger partial charge in [0.1, 0.15) is 11.0 Å².